The maximum atomic E-state index is 11.9. The lowest BCUT2D eigenvalue weighted by Crippen LogP contribution is -2.25. The highest BCUT2D eigenvalue weighted by molar-refractivity contribution is 7.92. The zero-order valence-corrected chi connectivity index (χ0v) is 11.8. The van der Waals surface area contributed by atoms with Gasteiger partial charge in [-0.3, -0.25) is 4.79 Å². The second kappa shape index (κ2) is 4.83. The fourth-order valence-electron chi connectivity index (χ4n) is 3.11. The molecule has 1 aromatic rings. The molecule has 0 spiro atoms. The molecule has 0 saturated carbocycles. The molecule has 2 unspecified atom stereocenters. The Morgan fingerprint density at radius 1 is 1.30 bits per heavy atom. The van der Waals surface area contributed by atoms with Gasteiger partial charge in [0.05, 0.1) is 11.0 Å². The van der Waals surface area contributed by atoms with E-state index in [2.05, 4.69) is 10.2 Å². The van der Waals surface area contributed by atoms with Crippen molar-refractivity contribution in [3.05, 3.63) is 11.6 Å². The molecule has 2 aliphatic heterocycles. The highest BCUT2D eigenvalue weighted by Crippen LogP contribution is 2.29. The zero-order valence-electron chi connectivity index (χ0n) is 11.0. The summed E-state index contributed by atoms with van der Waals surface area (Å²) in [5.74, 6) is -0.185. The van der Waals surface area contributed by atoms with Crippen LogP contribution in [0.15, 0.2) is 0 Å². The molecule has 0 aliphatic carbocycles. The van der Waals surface area contributed by atoms with Crippen LogP contribution in [0.2, 0.25) is 0 Å². The van der Waals surface area contributed by atoms with Gasteiger partial charge in [-0.05, 0) is 25.7 Å². The van der Waals surface area contributed by atoms with Crippen molar-refractivity contribution in [3.63, 3.8) is 0 Å². The lowest BCUT2D eigenvalue weighted by molar-refractivity contribution is -0.139. The topological polar surface area (TPSA) is 102 Å². The molecule has 0 aromatic carbocycles. The molecule has 1 fully saturated rings. The van der Waals surface area contributed by atoms with Crippen molar-refractivity contribution in [1.29, 1.82) is 0 Å². The molecule has 1 aromatic heterocycles. The van der Waals surface area contributed by atoms with Gasteiger partial charge in [0.1, 0.15) is 17.6 Å². The molecule has 0 amide bonds. The number of aliphatic carboxylic acids is 1. The first kappa shape index (κ1) is 13.5. The number of hydrogen-bond acceptors (Lipinski definition) is 5. The fraction of sp³-hybridized carbons (Fsp3) is 0.750. The molecule has 0 bridgehead atoms. The largest absolute Gasteiger partial charge is 0.481 e. The highest BCUT2D eigenvalue weighted by Gasteiger charge is 2.35. The predicted molar refractivity (Wildman–Crippen MR) is 70.1 cm³/mol. The number of fused-ring (bicyclic) bond motifs is 1. The lowest BCUT2D eigenvalue weighted by Gasteiger charge is -2.21. The number of rotatable bonds is 3. The molecule has 7 nitrogen and oxygen atoms in total. The Morgan fingerprint density at radius 3 is 2.75 bits per heavy atom. The first-order valence-corrected chi connectivity index (χ1v) is 8.57. The summed E-state index contributed by atoms with van der Waals surface area (Å²) in [5.41, 5.74) is 0. The van der Waals surface area contributed by atoms with E-state index in [-0.39, 0.29) is 11.0 Å². The van der Waals surface area contributed by atoms with Gasteiger partial charge >= 0.3 is 5.97 Å². The minimum Gasteiger partial charge on any atom is -0.481 e. The molecule has 1 N–H and O–H groups in total. The van der Waals surface area contributed by atoms with Crippen LogP contribution in [-0.4, -0.2) is 45.3 Å². The summed E-state index contributed by atoms with van der Waals surface area (Å²) in [6.45, 7) is 0.675. The standard InChI is InChI=1S/C12H17N3O4S/c16-12(17)9-4-1-5-15-10(13-14-11(9)15)7-8-3-2-6-20(8,18)19/h8-9H,1-7H2,(H,16,17). The Hall–Kier alpha value is -1.44. The van der Waals surface area contributed by atoms with E-state index in [1.165, 1.54) is 0 Å². The normalized spacial score (nSPS) is 28.2. The number of carbonyl (C=O) groups is 1. The number of aromatic nitrogens is 3. The summed E-state index contributed by atoms with van der Waals surface area (Å²) in [4.78, 5) is 11.2. The average Bonchev–Trinajstić information content (AvgIpc) is 2.94. The predicted octanol–water partition coefficient (Wildman–Crippen LogP) is 0.360. The SMILES string of the molecule is O=C(O)C1CCCn2c(CC3CCCS3(=O)=O)nnc21. The molecule has 8 heteroatoms. The maximum absolute atomic E-state index is 11.9. The van der Waals surface area contributed by atoms with E-state index in [0.29, 0.717) is 43.9 Å². The molecule has 2 atom stereocenters. The molecule has 2 aliphatic rings. The van der Waals surface area contributed by atoms with Crippen LogP contribution in [0.5, 0.6) is 0 Å². The van der Waals surface area contributed by atoms with E-state index in [1.54, 1.807) is 4.57 Å². The maximum Gasteiger partial charge on any atom is 0.314 e. The quantitative estimate of drug-likeness (QED) is 0.864. The van der Waals surface area contributed by atoms with Gasteiger partial charge in [0, 0.05) is 13.0 Å². The minimum absolute atomic E-state index is 0.246. The molecule has 1 saturated heterocycles. The third kappa shape index (κ3) is 2.21. The number of carboxylic acids is 1. The van der Waals surface area contributed by atoms with E-state index in [9.17, 15) is 18.3 Å². The van der Waals surface area contributed by atoms with Gasteiger partial charge in [-0.15, -0.1) is 10.2 Å². The van der Waals surface area contributed by atoms with Crippen molar-refractivity contribution in [3.8, 4) is 0 Å². The Kier molecular flexibility index (Phi) is 3.27. The van der Waals surface area contributed by atoms with Crippen molar-refractivity contribution >= 4 is 15.8 Å². The van der Waals surface area contributed by atoms with Crippen molar-refractivity contribution in [2.45, 2.75) is 49.8 Å². The monoisotopic (exact) mass is 299 g/mol. The van der Waals surface area contributed by atoms with Crippen LogP contribution in [0.3, 0.4) is 0 Å². The molecule has 110 valence electrons. The zero-order chi connectivity index (χ0) is 14.3. The van der Waals surface area contributed by atoms with Crippen LogP contribution in [0, 0.1) is 0 Å². The van der Waals surface area contributed by atoms with Crippen LogP contribution in [-0.2, 0) is 27.6 Å². The molecule has 20 heavy (non-hydrogen) atoms. The fourth-order valence-corrected chi connectivity index (χ4v) is 4.94. The van der Waals surface area contributed by atoms with Crippen molar-refractivity contribution in [2.75, 3.05) is 5.75 Å². The average molecular weight is 299 g/mol. The summed E-state index contributed by atoms with van der Waals surface area (Å²) >= 11 is 0. The summed E-state index contributed by atoms with van der Waals surface area (Å²) in [5, 5.41) is 16.8. The molecular weight excluding hydrogens is 282 g/mol. The highest BCUT2D eigenvalue weighted by atomic mass is 32.2. The van der Waals surface area contributed by atoms with Gasteiger partial charge in [0.25, 0.3) is 0 Å². The number of sulfone groups is 1. The second-order valence-electron chi connectivity index (χ2n) is 5.49. The summed E-state index contributed by atoms with van der Waals surface area (Å²) in [6, 6.07) is 0. The summed E-state index contributed by atoms with van der Waals surface area (Å²) in [6.07, 6.45) is 3.03. The second-order valence-corrected chi connectivity index (χ2v) is 7.90. The van der Waals surface area contributed by atoms with Crippen LogP contribution < -0.4 is 0 Å². The number of nitrogens with zero attached hydrogens (tertiary/aromatic N) is 3. The molecule has 3 rings (SSSR count). The van der Waals surface area contributed by atoms with Crippen LogP contribution in [0.1, 0.15) is 43.3 Å². The Bertz CT molecular complexity index is 637. The van der Waals surface area contributed by atoms with Gasteiger partial charge in [0.15, 0.2) is 9.84 Å². The number of hydrogen-bond donors (Lipinski definition) is 1. The van der Waals surface area contributed by atoms with Gasteiger partial charge in [-0.25, -0.2) is 8.42 Å². The third-order valence-corrected chi connectivity index (χ3v) is 6.49. The van der Waals surface area contributed by atoms with E-state index in [4.69, 9.17) is 0 Å². The molecular formula is C12H17N3O4S. The summed E-state index contributed by atoms with van der Waals surface area (Å²) in [7, 11) is -3.02. The van der Waals surface area contributed by atoms with Gasteiger partial charge in [-0.1, -0.05) is 0 Å². The third-order valence-electron chi connectivity index (χ3n) is 4.21. The summed E-state index contributed by atoms with van der Waals surface area (Å²) < 4.78 is 25.6. The van der Waals surface area contributed by atoms with E-state index in [1.807, 2.05) is 0 Å². The Labute approximate surface area is 116 Å². The van der Waals surface area contributed by atoms with Gasteiger partial charge < -0.3 is 9.67 Å². The number of carboxylic acid groups (broad SMARTS) is 1. The van der Waals surface area contributed by atoms with Gasteiger partial charge in [0.2, 0.25) is 0 Å². The van der Waals surface area contributed by atoms with Crippen molar-refractivity contribution in [1.82, 2.24) is 14.8 Å². The first-order valence-electron chi connectivity index (χ1n) is 6.85. The molecule has 3 heterocycles. The first-order chi connectivity index (χ1) is 9.49. The Balaban J connectivity index is 1.88. The van der Waals surface area contributed by atoms with E-state index < -0.39 is 21.7 Å². The Morgan fingerprint density at radius 2 is 2.10 bits per heavy atom. The van der Waals surface area contributed by atoms with Crippen LogP contribution in [0.4, 0.5) is 0 Å². The van der Waals surface area contributed by atoms with E-state index in [0.717, 1.165) is 6.42 Å². The van der Waals surface area contributed by atoms with E-state index >= 15 is 0 Å². The van der Waals surface area contributed by atoms with Gasteiger partial charge in [-0.2, -0.15) is 0 Å². The van der Waals surface area contributed by atoms with Crippen molar-refractivity contribution in [2.24, 2.45) is 0 Å². The molecule has 0 radical (unpaired) electrons. The van der Waals surface area contributed by atoms with Crippen LogP contribution in [0.25, 0.3) is 0 Å². The lowest BCUT2D eigenvalue weighted by atomic mass is 9.99. The minimum atomic E-state index is -3.02. The van der Waals surface area contributed by atoms with Crippen LogP contribution >= 0.6 is 0 Å². The van der Waals surface area contributed by atoms with Crippen molar-refractivity contribution < 1.29 is 18.3 Å². The smallest absolute Gasteiger partial charge is 0.314 e.